The number of hydrogen-bond acceptors (Lipinski definition) is 4. The van der Waals surface area contributed by atoms with Gasteiger partial charge in [-0.25, -0.2) is 0 Å². The molecule has 2 atom stereocenters. The Hall–Kier alpha value is -2.57. The van der Waals surface area contributed by atoms with Crippen LogP contribution < -0.4 is 10.2 Å². The van der Waals surface area contributed by atoms with Crippen LogP contribution >= 0.6 is 0 Å². The average molecular weight is 458 g/mol. The lowest BCUT2D eigenvalue weighted by Crippen LogP contribution is -2.41. The number of nitrogens with zero attached hydrogens (tertiary/aromatic N) is 2. The molecule has 0 amide bonds. The third-order valence-electron chi connectivity index (χ3n) is 7.64. The molecule has 1 aliphatic carbocycles. The molecule has 5 rings (SSSR count). The molecule has 34 heavy (non-hydrogen) atoms. The summed E-state index contributed by atoms with van der Waals surface area (Å²) in [5, 5.41) is 4.56. The molecule has 178 valence electrons. The van der Waals surface area contributed by atoms with E-state index in [9.17, 15) is 0 Å². The zero-order valence-corrected chi connectivity index (χ0v) is 20.7. The third kappa shape index (κ3) is 4.94. The monoisotopic (exact) mass is 458 g/mol. The Balaban J connectivity index is 1.22. The second-order valence-electron chi connectivity index (χ2n) is 10.7. The molecule has 1 aliphatic heterocycles. The minimum Gasteiger partial charge on any atom is -0.490 e. The van der Waals surface area contributed by atoms with Crippen molar-refractivity contribution in [2.45, 2.75) is 77.2 Å². The van der Waals surface area contributed by atoms with E-state index in [2.05, 4.69) is 87.4 Å². The van der Waals surface area contributed by atoms with E-state index in [1.54, 1.807) is 0 Å². The molecule has 2 heterocycles. The molecule has 1 saturated carbocycles. The average Bonchev–Trinajstić information content (AvgIpc) is 3.48. The minimum absolute atomic E-state index is 0.273. The molecule has 2 aliphatic rings. The highest BCUT2D eigenvalue weighted by molar-refractivity contribution is 6.62. The van der Waals surface area contributed by atoms with Gasteiger partial charge < -0.3 is 14.0 Å². The number of hydrogen-bond donors (Lipinski definition) is 0. The molecule has 6 heteroatoms. The topological polar surface area (TPSA) is 45.5 Å². The van der Waals surface area contributed by atoms with Gasteiger partial charge in [0.15, 0.2) is 0 Å². The summed E-state index contributed by atoms with van der Waals surface area (Å²) in [4.78, 5) is 0. The zero-order valence-electron chi connectivity index (χ0n) is 20.7. The van der Waals surface area contributed by atoms with E-state index < -0.39 is 7.12 Å². The number of ether oxygens (including phenoxy) is 1. The standard InChI is InChI=1S/C28H35BN2O3/c1-27(2)28(3,4)34-29(33-27)24-18-30-31(20-24)19-22-12-8-14-25(17-22)32-26-15-9-13-23(26)16-21-10-6-5-7-11-21/h5-8,10-12,14,17-18,20,23,26H,9,13,15-16,19H2,1-4H3/t23-,26-/m1/s1. The second-order valence-corrected chi connectivity index (χ2v) is 10.7. The Labute approximate surface area is 203 Å². The van der Waals surface area contributed by atoms with E-state index in [-0.39, 0.29) is 17.3 Å². The fraction of sp³-hybridized carbons (Fsp3) is 0.464. The number of rotatable bonds is 7. The summed E-state index contributed by atoms with van der Waals surface area (Å²) in [6.07, 6.45) is 8.80. The molecule has 1 saturated heterocycles. The fourth-order valence-electron chi connectivity index (χ4n) is 4.95. The van der Waals surface area contributed by atoms with Gasteiger partial charge >= 0.3 is 7.12 Å². The molecule has 1 aromatic heterocycles. The van der Waals surface area contributed by atoms with Gasteiger partial charge in [-0.15, -0.1) is 0 Å². The molecule has 2 fully saturated rings. The van der Waals surface area contributed by atoms with E-state index in [1.165, 1.54) is 24.0 Å². The Morgan fingerprint density at radius 2 is 1.71 bits per heavy atom. The summed E-state index contributed by atoms with van der Waals surface area (Å²) < 4.78 is 20.8. The summed E-state index contributed by atoms with van der Waals surface area (Å²) in [5.74, 6) is 1.51. The maximum atomic E-state index is 6.50. The molecule has 3 aromatic rings. The number of aromatic nitrogens is 2. The smallest absolute Gasteiger partial charge is 0.490 e. The highest BCUT2D eigenvalue weighted by Gasteiger charge is 2.52. The van der Waals surface area contributed by atoms with Crippen molar-refractivity contribution in [3.63, 3.8) is 0 Å². The molecule has 0 spiro atoms. The summed E-state index contributed by atoms with van der Waals surface area (Å²) in [6, 6.07) is 19.2. The molecular formula is C28H35BN2O3. The van der Waals surface area contributed by atoms with Gasteiger partial charge in [-0.3, -0.25) is 4.68 Å². The highest BCUT2D eigenvalue weighted by atomic mass is 16.7. The van der Waals surface area contributed by atoms with Crippen LogP contribution in [0.15, 0.2) is 67.0 Å². The van der Waals surface area contributed by atoms with Gasteiger partial charge in [0.2, 0.25) is 0 Å². The van der Waals surface area contributed by atoms with Crippen molar-refractivity contribution in [1.82, 2.24) is 9.78 Å². The molecule has 0 N–H and O–H groups in total. The first-order chi connectivity index (χ1) is 16.3. The van der Waals surface area contributed by atoms with Crippen molar-refractivity contribution in [2.24, 2.45) is 5.92 Å². The lowest BCUT2D eigenvalue weighted by atomic mass is 9.82. The Bertz CT molecular complexity index is 1100. The van der Waals surface area contributed by atoms with Crippen molar-refractivity contribution >= 4 is 12.6 Å². The second kappa shape index (κ2) is 9.24. The van der Waals surface area contributed by atoms with Gasteiger partial charge in [-0.2, -0.15) is 5.10 Å². The summed E-state index contributed by atoms with van der Waals surface area (Å²) >= 11 is 0. The first-order valence-corrected chi connectivity index (χ1v) is 12.5. The lowest BCUT2D eigenvalue weighted by molar-refractivity contribution is 0.00578. The van der Waals surface area contributed by atoms with Crippen LogP contribution in [-0.2, 0) is 22.3 Å². The van der Waals surface area contributed by atoms with E-state index >= 15 is 0 Å². The van der Waals surface area contributed by atoms with Crippen molar-refractivity contribution in [1.29, 1.82) is 0 Å². The summed E-state index contributed by atoms with van der Waals surface area (Å²) in [5.41, 5.74) is 2.79. The highest BCUT2D eigenvalue weighted by Crippen LogP contribution is 2.36. The predicted molar refractivity (Wildman–Crippen MR) is 135 cm³/mol. The first-order valence-electron chi connectivity index (χ1n) is 12.5. The van der Waals surface area contributed by atoms with Crippen LogP contribution in [0.2, 0.25) is 0 Å². The molecular weight excluding hydrogens is 423 g/mol. The van der Waals surface area contributed by atoms with Gasteiger partial charge in [-0.1, -0.05) is 42.5 Å². The predicted octanol–water partition coefficient (Wildman–Crippen LogP) is 5.02. The van der Waals surface area contributed by atoms with Crippen molar-refractivity contribution < 1.29 is 14.0 Å². The fourth-order valence-corrected chi connectivity index (χ4v) is 4.95. The van der Waals surface area contributed by atoms with Crippen LogP contribution in [0.25, 0.3) is 0 Å². The van der Waals surface area contributed by atoms with Crippen LogP contribution in [0.1, 0.15) is 58.1 Å². The van der Waals surface area contributed by atoms with Crippen LogP contribution in [0.5, 0.6) is 5.75 Å². The van der Waals surface area contributed by atoms with Crippen molar-refractivity contribution in [3.05, 3.63) is 78.1 Å². The van der Waals surface area contributed by atoms with Gasteiger partial charge in [0.1, 0.15) is 11.9 Å². The van der Waals surface area contributed by atoms with Crippen LogP contribution in [-0.4, -0.2) is 34.2 Å². The summed E-state index contributed by atoms with van der Waals surface area (Å²) in [6.45, 7) is 8.94. The Kier molecular flexibility index (Phi) is 6.30. The molecule has 0 radical (unpaired) electrons. The SMILES string of the molecule is CC1(C)OB(c2cnn(Cc3cccc(O[C@@H]4CCC[C@@H]4Cc4ccccc4)c3)c2)OC1(C)C. The van der Waals surface area contributed by atoms with E-state index in [0.717, 1.165) is 24.1 Å². The Morgan fingerprint density at radius 1 is 0.971 bits per heavy atom. The van der Waals surface area contributed by atoms with E-state index in [4.69, 9.17) is 14.0 Å². The molecule has 5 nitrogen and oxygen atoms in total. The normalized spacial score (nSPS) is 23.4. The van der Waals surface area contributed by atoms with Gasteiger partial charge in [0.25, 0.3) is 0 Å². The molecule has 2 aromatic carbocycles. The van der Waals surface area contributed by atoms with Crippen LogP contribution in [0.3, 0.4) is 0 Å². The molecule has 0 unspecified atom stereocenters. The van der Waals surface area contributed by atoms with Gasteiger partial charge in [0, 0.05) is 17.9 Å². The Morgan fingerprint density at radius 3 is 2.47 bits per heavy atom. The summed E-state index contributed by atoms with van der Waals surface area (Å²) in [7, 11) is -0.391. The van der Waals surface area contributed by atoms with Crippen molar-refractivity contribution in [2.75, 3.05) is 0 Å². The van der Waals surface area contributed by atoms with Gasteiger partial charge in [-0.05, 0) is 82.6 Å². The maximum absolute atomic E-state index is 6.50. The zero-order chi connectivity index (χ0) is 23.8. The first kappa shape index (κ1) is 23.2. The third-order valence-corrected chi connectivity index (χ3v) is 7.64. The van der Waals surface area contributed by atoms with E-state index in [0.29, 0.717) is 12.5 Å². The number of benzene rings is 2. The molecule has 0 bridgehead atoms. The minimum atomic E-state index is -0.391. The quantitative estimate of drug-likeness (QED) is 0.467. The van der Waals surface area contributed by atoms with Crippen molar-refractivity contribution in [3.8, 4) is 5.75 Å². The van der Waals surface area contributed by atoms with Crippen LogP contribution in [0.4, 0.5) is 0 Å². The van der Waals surface area contributed by atoms with E-state index in [1.807, 2.05) is 17.1 Å². The maximum Gasteiger partial charge on any atom is 0.498 e. The van der Waals surface area contributed by atoms with Gasteiger partial charge in [0.05, 0.1) is 17.7 Å². The van der Waals surface area contributed by atoms with Crippen LogP contribution in [0, 0.1) is 5.92 Å². The lowest BCUT2D eigenvalue weighted by Gasteiger charge is -2.32. The largest absolute Gasteiger partial charge is 0.498 e.